The number of piperazine rings is 1. The van der Waals surface area contributed by atoms with E-state index in [0.29, 0.717) is 48.2 Å². The number of aromatic nitrogens is 1. The number of benzene rings is 2. The van der Waals surface area contributed by atoms with Gasteiger partial charge >= 0.3 is 0 Å². The van der Waals surface area contributed by atoms with Gasteiger partial charge in [0.15, 0.2) is 0 Å². The molecule has 1 fully saturated rings. The van der Waals surface area contributed by atoms with E-state index in [0.717, 1.165) is 11.3 Å². The Morgan fingerprint density at radius 2 is 1.89 bits per heavy atom. The zero-order chi connectivity index (χ0) is 26.6. The second-order valence-electron chi connectivity index (χ2n) is 9.76. The molecule has 0 radical (unpaired) electrons. The molecule has 2 heterocycles. The van der Waals surface area contributed by atoms with Crippen LogP contribution in [-0.4, -0.2) is 64.6 Å². The zero-order valence-electron chi connectivity index (χ0n) is 21.0. The van der Waals surface area contributed by atoms with Crippen molar-refractivity contribution in [1.29, 1.82) is 0 Å². The number of pyridine rings is 1. The summed E-state index contributed by atoms with van der Waals surface area (Å²) in [5.41, 5.74) is 1.94. The fraction of sp³-hybridized carbons (Fsp3) is 0.393. The van der Waals surface area contributed by atoms with Gasteiger partial charge < -0.3 is 25.0 Å². The lowest BCUT2D eigenvalue weighted by molar-refractivity contribution is 0.0732. The molecule has 0 spiro atoms. The lowest BCUT2D eigenvalue weighted by Crippen LogP contribution is -2.49. The maximum absolute atomic E-state index is 13.7. The lowest BCUT2D eigenvalue weighted by Gasteiger charge is -2.44. The Kier molecular flexibility index (Phi) is 8.67. The summed E-state index contributed by atoms with van der Waals surface area (Å²) in [6, 6.07) is 15.3. The molecule has 1 aromatic heterocycles. The van der Waals surface area contributed by atoms with Gasteiger partial charge in [-0.15, -0.1) is 0 Å². The van der Waals surface area contributed by atoms with Gasteiger partial charge in [-0.25, -0.2) is 4.39 Å². The van der Waals surface area contributed by atoms with E-state index in [9.17, 15) is 14.6 Å². The van der Waals surface area contributed by atoms with Gasteiger partial charge in [0.25, 0.3) is 0 Å². The molecule has 3 N–H and O–H groups in total. The van der Waals surface area contributed by atoms with Crippen LogP contribution >= 0.6 is 11.6 Å². The van der Waals surface area contributed by atoms with Crippen molar-refractivity contribution in [2.24, 2.45) is 0 Å². The van der Waals surface area contributed by atoms with Crippen LogP contribution in [0.5, 0.6) is 5.75 Å². The Hall–Kier alpha value is -2.75. The Morgan fingerprint density at radius 3 is 2.51 bits per heavy atom. The standard InChI is InChI=1S/C28H33ClFN3O4/c1-28(2,36)27-10-5-20(16-31-27)26(35)18-32-11-12-33(25(17-32)19-3-6-21(30)7-4-19)24-9-8-22(15-23(24)29)37-14-13-34/h3-10,15-16,25-26,34-36H,11-14,17-18H2,1-2H3/t25-,26?/m0/s1. The van der Waals surface area contributed by atoms with E-state index in [4.69, 9.17) is 21.4 Å². The number of nitrogens with zero attached hydrogens (tertiary/aromatic N) is 3. The summed E-state index contributed by atoms with van der Waals surface area (Å²) in [6.45, 7) is 5.76. The number of anilines is 1. The molecule has 37 heavy (non-hydrogen) atoms. The van der Waals surface area contributed by atoms with Crippen molar-refractivity contribution in [2.75, 3.05) is 44.3 Å². The van der Waals surface area contributed by atoms with Crippen LogP contribution in [0.2, 0.25) is 5.02 Å². The second-order valence-corrected chi connectivity index (χ2v) is 10.2. The summed E-state index contributed by atoms with van der Waals surface area (Å²) >= 11 is 6.64. The van der Waals surface area contributed by atoms with E-state index >= 15 is 0 Å². The predicted octanol–water partition coefficient (Wildman–Crippen LogP) is 4.07. The van der Waals surface area contributed by atoms with Crippen molar-refractivity contribution in [1.82, 2.24) is 9.88 Å². The highest BCUT2D eigenvalue weighted by atomic mass is 35.5. The molecule has 7 nitrogen and oxygen atoms in total. The highest BCUT2D eigenvalue weighted by molar-refractivity contribution is 6.33. The summed E-state index contributed by atoms with van der Waals surface area (Å²) in [6.07, 6.45) is 0.849. The Morgan fingerprint density at radius 1 is 1.14 bits per heavy atom. The van der Waals surface area contributed by atoms with Crippen molar-refractivity contribution >= 4 is 17.3 Å². The van der Waals surface area contributed by atoms with Crippen LogP contribution in [0.3, 0.4) is 0 Å². The SMILES string of the molecule is CC(C)(O)c1ccc(C(O)CN2CCN(c3ccc(OCCO)cc3Cl)[C@H](c3ccc(F)cc3)C2)cn1. The van der Waals surface area contributed by atoms with E-state index in [1.165, 1.54) is 12.1 Å². The fourth-order valence-electron chi connectivity index (χ4n) is 4.55. The lowest BCUT2D eigenvalue weighted by atomic mass is 10.00. The first-order valence-electron chi connectivity index (χ1n) is 12.3. The molecule has 0 bridgehead atoms. The quantitative estimate of drug-likeness (QED) is 0.385. The Bertz CT molecular complexity index is 1170. The first kappa shape index (κ1) is 27.3. The van der Waals surface area contributed by atoms with Crippen LogP contribution in [0.1, 0.15) is 42.8 Å². The number of halogens is 2. The molecule has 198 valence electrons. The third-order valence-electron chi connectivity index (χ3n) is 6.54. The van der Waals surface area contributed by atoms with Gasteiger partial charge in [0.1, 0.15) is 23.8 Å². The number of rotatable bonds is 9. The topological polar surface area (TPSA) is 89.3 Å². The molecule has 0 aliphatic carbocycles. The number of aliphatic hydroxyl groups excluding tert-OH is 2. The van der Waals surface area contributed by atoms with Gasteiger partial charge in [0, 0.05) is 44.0 Å². The molecule has 1 aliphatic rings. The van der Waals surface area contributed by atoms with Crippen LogP contribution in [0.15, 0.2) is 60.8 Å². The highest BCUT2D eigenvalue weighted by Crippen LogP contribution is 2.37. The minimum Gasteiger partial charge on any atom is -0.491 e. The van der Waals surface area contributed by atoms with Crippen molar-refractivity contribution in [3.8, 4) is 5.75 Å². The molecule has 1 aliphatic heterocycles. The third kappa shape index (κ3) is 6.77. The number of aliphatic hydroxyl groups is 3. The Balaban J connectivity index is 1.53. The minimum atomic E-state index is -1.05. The number of hydrogen-bond donors (Lipinski definition) is 3. The van der Waals surface area contributed by atoms with Gasteiger partial charge in [-0.1, -0.05) is 29.8 Å². The summed E-state index contributed by atoms with van der Waals surface area (Å²) in [7, 11) is 0. The Labute approximate surface area is 221 Å². The number of ether oxygens (including phenoxy) is 1. The maximum atomic E-state index is 13.7. The molecule has 0 amide bonds. The first-order chi connectivity index (χ1) is 17.7. The molecule has 2 aromatic carbocycles. The molecule has 1 saturated heterocycles. The van der Waals surface area contributed by atoms with Crippen LogP contribution < -0.4 is 9.64 Å². The number of hydrogen-bond acceptors (Lipinski definition) is 7. The minimum absolute atomic E-state index is 0.0839. The van der Waals surface area contributed by atoms with Gasteiger partial charge in [0.2, 0.25) is 0 Å². The second kappa shape index (κ2) is 11.8. The van der Waals surface area contributed by atoms with E-state index in [-0.39, 0.29) is 25.1 Å². The van der Waals surface area contributed by atoms with Crippen molar-refractivity contribution in [3.05, 3.63) is 88.5 Å². The number of β-amino-alcohol motifs (C(OH)–C–C–N with tert-alkyl or cyclic N) is 1. The molecule has 9 heteroatoms. The highest BCUT2D eigenvalue weighted by Gasteiger charge is 2.31. The summed E-state index contributed by atoms with van der Waals surface area (Å²) < 4.78 is 19.2. The summed E-state index contributed by atoms with van der Waals surface area (Å²) in [5.74, 6) is 0.274. The van der Waals surface area contributed by atoms with Crippen LogP contribution in [0, 0.1) is 5.82 Å². The monoisotopic (exact) mass is 529 g/mol. The molecule has 1 unspecified atom stereocenters. The van der Waals surface area contributed by atoms with E-state index < -0.39 is 11.7 Å². The molecular formula is C28H33ClFN3O4. The summed E-state index contributed by atoms with van der Waals surface area (Å²) in [4.78, 5) is 8.67. The fourth-order valence-corrected chi connectivity index (χ4v) is 4.83. The first-order valence-corrected chi connectivity index (χ1v) is 12.7. The molecule has 4 rings (SSSR count). The van der Waals surface area contributed by atoms with Crippen LogP contribution in [0.4, 0.5) is 10.1 Å². The van der Waals surface area contributed by atoms with Gasteiger partial charge in [-0.2, -0.15) is 0 Å². The van der Waals surface area contributed by atoms with Crippen molar-refractivity contribution in [2.45, 2.75) is 31.6 Å². The molecule has 3 aromatic rings. The van der Waals surface area contributed by atoms with Gasteiger partial charge in [-0.3, -0.25) is 9.88 Å². The van der Waals surface area contributed by atoms with E-state index in [2.05, 4.69) is 14.8 Å². The smallest absolute Gasteiger partial charge is 0.123 e. The van der Waals surface area contributed by atoms with Crippen LogP contribution in [-0.2, 0) is 5.60 Å². The van der Waals surface area contributed by atoms with E-state index in [1.54, 1.807) is 50.4 Å². The zero-order valence-corrected chi connectivity index (χ0v) is 21.8. The normalized spacial score (nSPS) is 17.6. The predicted molar refractivity (Wildman–Crippen MR) is 141 cm³/mol. The van der Waals surface area contributed by atoms with Gasteiger partial charge in [-0.05, 0) is 49.7 Å². The maximum Gasteiger partial charge on any atom is 0.123 e. The largest absolute Gasteiger partial charge is 0.491 e. The molecule has 0 saturated carbocycles. The average molecular weight is 530 g/mol. The summed E-state index contributed by atoms with van der Waals surface area (Å²) in [5, 5.41) is 30.6. The van der Waals surface area contributed by atoms with Crippen molar-refractivity contribution < 1.29 is 24.4 Å². The third-order valence-corrected chi connectivity index (χ3v) is 6.84. The van der Waals surface area contributed by atoms with Crippen molar-refractivity contribution in [3.63, 3.8) is 0 Å². The average Bonchev–Trinajstić information content (AvgIpc) is 2.88. The molecular weight excluding hydrogens is 497 g/mol. The van der Waals surface area contributed by atoms with Gasteiger partial charge in [0.05, 0.1) is 35.2 Å². The molecule has 2 atom stereocenters. The van der Waals surface area contributed by atoms with E-state index in [1.807, 2.05) is 12.1 Å². The van der Waals surface area contributed by atoms with Crippen LogP contribution in [0.25, 0.3) is 0 Å².